The minimum absolute atomic E-state index is 0.0959. The number of rotatable bonds is 9. The lowest BCUT2D eigenvalue weighted by molar-refractivity contribution is 0.0943. The molecule has 21 heavy (non-hydrogen) atoms. The van der Waals surface area contributed by atoms with E-state index in [4.69, 9.17) is 9.84 Å². The lowest BCUT2D eigenvalue weighted by Gasteiger charge is -2.15. The molecule has 0 fully saturated rings. The van der Waals surface area contributed by atoms with Crippen molar-refractivity contribution in [1.82, 2.24) is 5.32 Å². The number of carbonyl (C=O) groups is 1. The number of nitrogens with one attached hydrogen (secondary N) is 1. The fraction of sp³-hybridized carbons (Fsp3) is 0.588. The van der Waals surface area contributed by atoms with Crippen LogP contribution in [0.5, 0.6) is 5.75 Å². The Kier molecular flexibility index (Phi) is 7.83. The molecule has 0 aliphatic rings. The second-order valence-electron chi connectivity index (χ2n) is 5.73. The van der Waals surface area contributed by atoms with Crippen molar-refractivity contribution in [1.29, 1.82) is 0 Å². The zero-order chi connectivity index (χ0) is 15.7. The molecule has 0 radical (unpaired) electrons. The van der Waals surface area contributed by atoms with Crippen LogP contribution in [0.15, 0.2) is 24.3 Å². The Morgan fingerprint density at radius 2 is 2.14 bits per heavy atom. The third-order valence-electron chi connectivity index (χ3n) is 3.35. The molecule has 0 aromatic heterocycles. The molecule has 0 saturated heterocycles. The highest BCUT2D eigenvalue weighted by molar-refractivity contribution is 5.94. The predicted octanol–water partition coefficient (Wildman–Crippen LogP) is 2.86. The van der Waals surface area contributed by atoms with Crippen molar-refractivity contribution in [3.8, 4) is 5.75 Å². The number of aliphatic hydroxyl groups excluding tert-OH is 1. The van der Waals surface area contributed by atoms with Crippen molar-refractivity contribution in [2.24, 2.45) is 11.8 Å². The van der Waals surface area contributed by atoms with Crippen LogP contribution in [0.2, 0.25) is 0 Å². The first kappa shape index (κ1) is 17.5. The third kappa shape index (κ3) is 6.63. The van der Waals surface area contributed by atoms with Gasteiger partial charge in [0.15, 0.2) is 0 Å². The van der Waals surface area contributed by atoms with Crippen molar-refractivity contribution >= 4 is 5.91 Å². The second kappa shape index (κ2) is 9.40. The summed E-state index contributed by atoms with van der Waals surface area (Å²) in [6, 6.07) is 7.24. The van der Waals surface area contributed by atoms with Crippen LogP contribution in [0, 0.1) is 11.8 Å². The second-order valence-corrected chi connectivity index (χ2v) is 5.73. The molecule has 2 N–H and O–H groups in total. The molecule has 1 atom stereocenters. The van der Waals surface area contributed by atoms with Crippen LogP contribution in [-0.2, 0) is 0 Å². The fourth-order valence-electron chi connectivity index (χ4n) is 1.96. The van der Waals surface area contributed by atoms with Crippen LogP contribution in [0.25, 0.3) is 0 Å². The molecule has 0 aliphatic heterocycles. The Bertz CT molecular complexity index is 432. The minimum Gasteiger partial charge on any atom is -0.493 e. The molecular formula is C17H27NO3. The van der Waals surface area contributed by atoms with Gasteiger partial charge in [0.05, 0.1) is 6.61 Å². The summed E-state index contributed by atoms with van der Waals surface area (Å²) in [7, 11) is 0. The number of ether oxygens (including phenoxy) is 1. The average molecular weight is 293 g/mol. The van der Waals surface area contributed by atoms with E-state index in [9.17, 15) is 4.79 Å². The van der Waals surface area contributed by atoms with Crippen molar-refractivity contribution in [2.75, 3.05) is 19.8 Å². The molecular weight excluding hydrogens is 266 g/mol. The van der Waals surface area contributed by atoms with Crippen molar-refractivity contribution in [3.63, 3.8) is 0 Å². The van der Waals surface area contributed by atoms with Crippen LogP contribution in [-0.4, -0.2) is 30.8 Å². The molecule has 0 aliphatic carbocycles. The monoisotopic (exact) mass is 293 g/mol. The number of hydrogen-bond acceptors (Lipinski definition) is 3. The summed E-state index contributed by atoms with van der Waals surface area (Å²) >= 11 is 0. The Balaban J connectivity index is 2.55. The maximum atomic E-state index is 12.1. The molecule has 118 valence electrons. The first-order valence-corrected chi connectivity index (χ1v) is 7.68. The molecule has 1 aromatic rings. The molecule has 1 rings (SSSR count). The number of hydrogen-bond donors (Lipinski definition) is 2. The zero-order valence-corrected chi connectivity index (χ0v) is 13.3. The summed E-state index contributed by atoms with van der Waals surface area (Å²) in [4.78, 5) is 12.1. The summed E-state index contributed by atoms with van der Waals surface area (Å²) in [6.45, 7) is 7.62. The topological polar surface area (TPSA) is 58.6 Å². The van der Waals surface area contributed by atoms with Gasteiger partial charge < -0.3 is 15.2 Å². The van der Waals surface area contributed by atoms with E-state index in [-0.39, 0.29) is 12.5 Å². The molecule has 4 nitrogen and oxygen atoms in total. The summed E-state index contributed by atoms with van der Waals surface area (Å²) in [5, 5.41) is 11.9. The highest BCUT2D eigenvalue weighted by Gasteiger charge is 2.10. The van der Waals surface area contributed by atoms with Crippen LogP contribution in [0.3, 0.4) is 0 Å². The van der Waals surface area contributed by atoms with Gasteiger partial charge in [-0.25, -0.2) is 0 Å². The van der Waals surface area contributed by atoms with Crippen molar-refractivity contribution in [2.45, 2.75) is 33.6 Å². The largest absolute Gasteiger partial charge is 0.493 e. The van der Waals surface area contributed by atoms with E-state index in [2.05, 4.69) is 26.1 Å². The van der Waals surface area contributed by atoms with Gasteiger partial charge in [0.1, 0.15) is 5.75 Å². The molecule has 1 amide bonds. The molecule has 0 saturated carbocycles. The van der Waals surface area contributed by atoms with Gasteiger partial charge in [-0.1, -0.05) is 33.3 Å². The Morgan fingerprint density at radius 1 is 1.38 bits per heavy atom. The number of aliphatic hydroxyl groups is 1. The minimum atomic E-state index is -0.0959. The Hall–Kier alpha value is -1.55. The highest BCUT2D eigenvalue weighted by Crippen LogP contribution is 2.14. The maximum absolute atomic E-state index is 12.1. The third-order valence-corrected chi connectivity index (χ3v) is 3.35. The first-order valence-electron chi connectivity index (χ1n) is 7.68. The van der Waals surface area contributed by atoms with Crippen LogP contribution < -0.4 is 10.1 Å². The van der Waals surface area contributed by atoms with Gasteiger partial charge in [-0.2, -0.15) is 0 Å². The highest BCUT2D eigenvalue weighted by atomic mass is 16.5. The molecule has 1 unspecified atom stereocenters. The van der Waals surface area contributed by atoms with E-state index in [0.29, 0.717) is 37.0 Å². The summed E-state index contributed by atoms with van der Waals surface area (Å²) < 4.78 is 5.63. The summed E-state index contributed by atoms with van der Waals surface area (Å²) in [5.41, 5.74) is 0.607. The first-order chi connectivity index (χ1) is 10.1. The maximum Gasteiger partial charge on any atom is 0.251 e. The van der Waals surface area contributed by atoms with Crippen molar-refractivity contribution in [3.05, 3.63) is 29.8 Å². The van der Waals surface area contributed by atoms with Crippen LogP contribution in [0.1, 0.15) is 44.0 Å². The standard InChI is InChI=1S/C17H27NO3/c1-4-14(8-9-19)11-18-17(20)15-6-5-7-16(10-15)21-12-13(2)3/h5-7,10,13-14,19H,4,8-9,11-12H2,1-3H3,(H,18,20). The van der Waals surface area contributed by atoms with Gasteiger partial charge in [0.2, 0.25) is 0 Å². The van der Waals surface area contributed by atoms with Gasteiger partial charge in [0, 0.05) is 18.7 Å². The van der Waals surface area contributed by atoms with Crippen LogP contribution in [0.4, 0.5) is 0 Å². The van der Waals surface area contributed by atoms with Crippen LogP contribution >= 0.6 is 0 Å². The molecule has 0 heterocycles. The molecule has 0 bridgehead atoms. The van der Waals surface area contributed by atoms with Crippen molar-refractivity contribution < 1.29 is 14.6 Å². The SMILES string of the molecule is CCC(CCO)CNC(=O)c1cccc(OCC(C)C)c1. The summed E-state index contributed by atoms with van der Waals surface area (Å²) in [6.07, 6.45) is 1.66. The summed E-state index contributed by atoms with van der Waals surface area (Å²) in [5.74, 6) is 1.39. The van der Waals surface area contributed by atoms with Gasteiger partial charge >= 0.3 is 0 Å². The molecule has 0 spiro atoms. The van der Waals surface area contributed by atoms with E-state index in [1.165, 1.54) is 0 Å². The predicted molar refractivity (Wildman–Crippen MR) is 84.6 cm³/mol. The van der Waals surface area contributed by atoms with E-state index in [1.54, 1.807) is 12.1 Å². The Labute approximate surface area is 127 Å². The fourth-order valence-corrected chi connectivity index (χ4v) is 1.96. The van der Waals surface area contributed by atoms with E-state index in [1.807, 2.05) is 12.1 Å². The van der Waals surface area contributed by atoms with Gasteiger partial charge in [-0.05, 0) is 36.5 Å². The van der Waals surface area contributed by atoms with E-state index < -0.39 is 0 Å². The number of amides is 1. The average Bonchev–Trinajstić information content (AvgIpc) is 2.49. The molecule has 4 heteroatoms. The van der Waals surface area contributed by atoms with E-state index in [0.717, 1.165) is 12.2 Å². The lowest BCUT2D eigenvalue weighted by atomic mass is 10.0. The zero-order valence-electron chi connectivity index (χ0n) is 13.3. The van der Waals surface area contributed by atoms with Gasteiger partial charge in [0.25, 0.3) is 5.91 Å². The number of carbonyl (C=O) groups excluding carboxylic acids is 1. The quantitative estimate of drug-likeness (QED) is 0.736. The number of benzene rings is 1. The molecule has 1 aromatic carbocycles. The van der Waals surface area contributed by atoms with Gasteiger partial charge in [-0.3, -0.25) is 4.79 Å². The lowest BCUT2D eigenvalue weighted by Crippen LogP contribution is -2.29. The van der Waals surface area contributed by atoms with E-state index >= 15 is 0 Å². The smallest absolute Gasteiger partial charge is 0.251 e. The normalized spacial score (nSPS) is 12.2. The Morgan fingerprint density at radius 3 is 2.76 bits per heavy atom. The van der Waals surface area contributed by atoms with Gasteiger partial charge in [-0.15, -0.1) is 0 Å².